The molecule has 0 amide bonds. The molecule has 0 radical (unpaired) electrons. The fraction of sp³-hybridized carbons (Fsp3) is 1.00. The van der Waals surface area contributed by atoms with Crippen LogP contribution >= 0.6 is 0 Å². The number of likely N-dealkylation sites (N-methyl/N-ethyl adjacent to an activating group) is 1. The van der Waals surface area contributed by atoms with Crippen molar-refractivity contribution in [2.24, 2.45) is 5.92 Å². The number of aliphatic hydroxyl groups excluding tert-OH is 1. The molecule has 0 heterocycles. The van der Waals surface area contributed by atoms with Crippen LogP contribution < -0.4 is 0 Å². The van der Waals surface area contributed by atoms with E-state index >= 15 is 0 Å². The number of nitrogens with zero attached hydrogens (tertiary/aromatic N) is 1. The fourth-order valence-corrected chi connectivity index (χ4v) is 3.71. The highest BCUT2D eigenvalue weighted by atomic mass is 16.3. The van der Waals surface area contributed by atoms with E-state index in [-0.39, 0.29) is 6.10 Å². The summed E-state index contributed by atoms with van der Waals surface area (Å²) >= 11 is 0. The summed E-state index contributed by atoms with van der Waals surface area (Å²) in [6.45, 7) is 4.61. The van der Waals surface area contributed by atoms with Gasteiger partial charge in [0.1, 0.15) is 0 Å². The van der Waals surface area contributed by atoms with Crippen LogP contribution in [0.4, 0.5) is 0 Å². The van der Waals surface area contributed by atoms with Gasteiger partial charge in [0.05, 0.1) is 6.10 Å². The molecule has 0 aliphatic heterocycles. The van der Waals surface area contributed by atoms with Crippen LogP contribution in [-0.2, 0) is 0 Å². The Morgan fingerprint density at radius 1 is 0.800 bits per heavy atom. The quantitative estimate of drug-likeness (QED) is 0.827. The lowest BCUT2D eigenvalue weighted by molar-refractivity contribution is 0.0353. The molecule has 2 heteroatoms. The van der Waals surface area contributed by atoms with E-state index in [9.17, 15) is 5.11 Å². The predicted octanol–water partition coefficient (Wildman–Crippen LogP) is 4.36. The topological polar surface area (TPSA) is 23.5 Å². The molecule has 2 saturated carbocycles. The molecule has 2 fully saturated rings. The summed E-state index contributed by atoms with van der Waals surface area (Å²) < 4.78 is 0. The van der Waals surface area contributed by atoms with E-state index in [2.05, 4.69) is 11.8 Å². The van der Waals surface area contributed by atoms with Gasteiger partial charge in [0.15, 0.2) is 0 Å². The minimum Gasteiger partial charge on any atom is -0.391 e. The average molecular weight is 281 g/mol. The molecule has 2 aliphatic carbocycles. The van der Waals surface area contributed by atoms with Gasteiger partial charge in [-0.25, -0.2) is 0 Å². The Bertz CT molecular complexity index is 252. The van der Waals surface area contributed by atoms with Crippen LogP contribution in [0, 0.1) is 5.92 Å². The van der Waals surface area contributed by atoms with E-state index in [0.29, 0.717) is 6.04 Å². The van der Waals surface area contributed by atoms with Crippen LogP contribution in [0.3, 0.4) is 0 Å². The van der Waals surface area contributed by atoms with Crippen LogP contribution in [0.5, 0.6) is 0 Å². The molecule has 0 aromatic carbocycles. The van der Waals surface area contributed by atoms with Crippen molar-refractivity contribution in [3.8, 4) is 0 Å². The molecule has 2 aliphatic rings. The molecule has 118 valence electrons. The third-order valence-corrected chi connectivity index (χ3v) is 5.26. The van der Waals surface area contributed by atoms with Gasteiger partial charge in [0, 0.05) is 12.6 Å². The van der Waals surface area contributed by atoms with Crippen LogP contribution in [0.2, 0.25) is 0 Å². The lowest BCUT2D eigenvalue weighted by atomic mass is 9.94. The maximum Gasteiger partial charge on any atom is 0.0695 e. The van der Waals surface area contributed by atoms with Gasteiger partial charge in [-0.2, -0.15) is 0 Å². The lowest BCUT2D eigenvalue weighted by Crippen LogP contribution is -2.44. The number of hydrogen-bond acceptors (Lipinski definition) is 2. The van der Waals surface area contributed by atoms with E-state index in [0.717, 1.165) is 18.9 Å². The third kappa shape index (κ3) is 5.73. The standard InChI is InChI=1S/C18H35NO/c1-2-19(15-16-13-14-16)17-11-9-7-5-3-4-6-8-10-12-18(17)20/h16-18,20H,2-15H2,1H3. The fourth-order valence-electron chi connectivity index (χ4n) is 3.71. The van der Waals surface area contributed by atoms with Crippen molar-refractivity contribution in [3.63, 3.8) is 0 Å². The molecule has 2 atom stereocenters. The summed E-state index contributed by atoms with van der Waals surface area (Å²) in [5, 5.41) is 10.6. The van der Waals surface area contributed by atoms with Crippen molar-refractivity contribution in [1.29, 1.82) is 0 Å². The van der Waals surface area contributed by atoms with Gasteiger partial charge >= 0.3 is 0 Å². The smallest absolute Gasteiger partial charge is 0.0695 e. The Morgan fingerprint density at radius 3 is 1.90 bits per heavy atom. The Morgan fingerprint density at radius 2 is 1.35 bits per heavy atom. The summed E-state index contributed by atoms with van der Waals surface area (Å²) in [4.78, 5) is 2.59. The predicted molar refractivity (Wildman–Crippen MR) is 85.9 cm³/mol. The monoisotopic (exact) mass is 281 g/mol. The maximum absolute atomic E-state index is 10.6. The first-order chi connectivity index (χ1) is 9.81. The molecular weight excluding hydrogens is 246 g/mol. The summed E-state index contributed by atoms with van der Waals surface area (Å²) in [6, 6.07) is 0.431. The average Bonchev–Trinajstić information content (AvgIpc) is 3.25. The van der Waals surface area contributed by atoms with Crippen molar-refractivity contribution in [2.45, 2.75) is 96.1 Å². The summed E-state index contributed by atoms with van der Waals surface area (Å²) in [6.07, 6.45) is 15.8. The van der Waals surface area contributed by atoms with E-state index < -0.39 is 0 Å². The Hall–Kier alpha value is -0.0800. The second-order valence-electron chi connectivity index (χ2n) is 7.07. The number of aliphatic hydroxyl groups is 1. The van der Waals surface area contributed by atoms with Gasteiger partial charge in [0.2, 0.25) is 0 Å². The molecule has 0 aromatic heterocycles. The highest BCUT2D eigenvalue weighted by Gasteiger charge is 2.30. The van der Waals surface area contributed by atoms with Gasteiger partial charge in [-0.15, -0.1) is 0 Å². The highest BCUT2D eigenvalue weighted by Crippen LogP contribution is 2.31. The zero-order chi connectivity index (χ0) is 14.2. The van der Waals surface area contributed by atoms with Gasteiger partial charge in [0.25, 0.3) is 0 Å². The van der Waals surface area contributed by atoms with Crippen LogP contribution in [-0.4, -0.2) is 35.2 Å². The molecule has 1 N–H and O–H groups in total. The molecule has 0 aromatic rings. The third-order valence-electron chi connectivity index (χ3n) is 5.26. The maximum atomic E-state index is 10.6. The van der Waals surface area contributed by atoms with E-state index in [1.165, 1.54) is 77.2 Å². The molecule has 2 nitrogen and oxygen atoms in total. The Kier molecular flexibility index (Phi) is 7.37. The zero-order valence-electron chi connectivity index (χ0n) is 13.5. The zero-order valence-corrected chi connectivity index (χ0v) is 13.5. The first-order valence-corrected chi connectivity index (χ1v) is 9.23. The van der Waals surface area contributed by atoms with Gasteiger partial charge in [-0.3, -0.25) is 4.90 Å². The Labute approximate surface area is 125 Å². The normalized spacial score (nSPS) is 30.8. The van der Waals surface area contributed by atoms with Crippen molar-refractivity contribution in [3.05, 3.63) is 0 Å². The molecule has 0 bridgehead atoms. The first kappa shape index (κ1) is 16.3. The molecule has 0 spiro atoms. The lowest BCUT2D eigenvalue weighted by Gasteiger charge is -2.35. The first-order valence-electron chi connectivity index (χ1n) is 9.23. The summed E-state index contributed by atoms with van der Waals surface area (Å²) in [5.74, 6) is 0.934. The van der Waals surface area contributed by atoms with Crippen molar-refractivity contribution in [1.82, 2.24) is 4.90 Å². The highest BCUT2D eigenvalue weighted by molar-refractivity contribution is 4.84. The summed E-state index contributed by atoms with van der Waals surface area (Å²) in [5.41, 5.74) is 0. The minimum atomic E-state index is -0.0897. The molecule has 20 heavy (non-hydrogen) atoms. The van der Waals surface area contributed by atoms with Crippen LogP contribution in [0.15, 0.2) is 0 Å². The largest absolute Gasteiger partial charge is 0.391 e. The Balaban J connectivity index is 1.87. The van der Waals surface area contributed by atoms with Crippen LogP contribution in [0.1, 0.15) is 84.0 Å². The SMILES string of the molecule is CCN(CC1CC1)C1CCCCCCCCCCC1O. The van der Waals surface area contributed by atoms with Crippen LogP contribution in [0.25, 0.3) is 0 Å². The van der Waals surface area contributed by atoms with Crippen molar-refractivity contribution in [2.75, 3.05) is 13.1 Å². The molecule has 2 rings (SSSR count). The summed E-state index contributed by atoms with van der Waals surface area (Å²) in [7, 11) is 0. The van der Waals surface area contributed by atoms with Gasteiger partial charge < -0.3 is 5.11 Å². The van der Waals surface area contributed by atoms with E-state index in [4.69, 9.17) is 0 Å². The van der Waals surface area contributed by atoms with Gasteiger partial charge in [-0.05, 0) is 38.1 Å². The molecular formula is C18H35NO. The molecule has 2 unspecified atom stereocenters. The van der Waals surface area contributed by atoms with Crippen molar-refractivity contribution >= 4 is 0 Å². The minimum absolute atomic E-state index is 0.0897. The number of hydrogen-bond donors (Lipinski definition) is 1. The molecule has 0 saturated heterocycles. The van der Waals surface area contributed by atoms with E-state index in [1.807, 2.05) is 0 Å². The van der Waals surface area contributed by atoms with E-state index in [1.54, 1.807) is 0 Å². The number of rotatable bonds is 4. The van der Waals surface area contributed by atoms with Crippen molar-refractivity contribution < 1.29 is 5.11 Å². The second-order valence-corrected chi connectivity index (χ2v) is 7.07. The second kappa shape index (κ2) is 9.04. The van der Waals surface area contributed by atoms with Gasteiger partial charge in [-0.1, -0.05) is 58.3 Å².